The fraction of sp³-hybridized carbons (Fsp3) is 1.00. The van der Waals surface area contributed by atoms with Gasteiger partial charge in [-0.15, -0.1) is 0 Å². The van der Waals surface area contributed by atoms with Gasteiger partial charge in [0, 0.05) is 19.3 Å². The van der Waals surface area contributed by atoms with Crippen molar-refractivity contribution in [2.75, 3.05) is 19.8 Å². The van der Waals surface area contributed by atoms with Crippen LogP contribution < -0.4 is 5.32 Å². The second-order valence-electron chi connectivity index (χ2n) is 5.15. The molecule has 3 heteroatoms. The molecule has 0 radical (unpaired) electrons. The van der Waals surface area contributed by atoms with Crippen molar-refractivity contribution in [1.82, 2.24) is 5.32 Å². The third-order valence-electron chi connectivity index (χ3n) is 3.62. The number of hydrogen-bond acceptors (Lipinski definition) is 3. The molecule has 2 heterocycles. The maximum atomic E-state index is 5.64. The maximum Gasteiger partial charge on any atom is 0.0590 e. The van der Waals surface area contributed by atoms with Crippen LogP contribution in [0.5, 0.6) is 0 Å². The minimum Gasteiger partial charge on any atom is -0.378 e. The highest BCUT2D eigenvalue weighted by molar-refractivity contribution is 4.73. The van der Waals surface area contributed by atoms with E-state index < -0.39 is 0 Å². The summed E-state index contributed by atoms with van der Waals surface area (Å²) in [5.74, 6) is 0. The minimum atomic E-state index is 0.505. The summed E-state index contributed by atoms with van der Waals surface area (Å²) in [4.78, 5) is 0. The molecule has 1 N–H and O–H groups in total. The molecule has 0 bridgehead atoms. The minimum absolute atomic E-state index is 0.505. The molecule has 0 aromatic carbocycles. The summed E-state index contributed by atoms with van der Waals surface area (Å²) < 4.78 is 11.2. The summed E-state index contributed by atoms with van der Waals surface area (Å²) in [6, 6.07) is 0.574. The van der Waals surface area contributed by atoms with Gasteiger partial charge in [0.2, 0.25) is 0 Å². The molecule has 0 aliphatic carbocycles. The molecule has 3 unspecified atom stereocenters. The fourth-order valence-corrected chi connectivity index (χ4v) is 2.67. The summed E-state index contributed by atoms with van der Waals surface area (Å²) in [6.45, 7) is 5.28. The molecule has 0 aromatic heterocycles. The molecule has 2 fully saturated rings. The lowest BCUT2D eigenvalue weighted by atomic mass is 10.1. The summed E-state index contributed by atoms with van der Waals surface area (Å²) in [5, 5.41) is 3.58. The number of hydrogen-bond donors (Lipinski definition) is 1. The zero-order chi connectivity index (χ0) is 11.2. The van der Waals surface area contributed by atoms with Gasteiger partial charge in [-0.2, -0.15) is 0 Å². The van der Waals surface area contributed by atoms with Gasteiger partial charge in [0.05, 0.1) is 12.2 Å². The Morgan fingerprint density at radius 1 is 1.12 bits per heavy atom. The van der Waals surface area contributed by atoms with E-state index in [2.05, 4.69) is 12.2 Å². The van der Waals surface area contributed by atoms with Crippen LogP contribution in [0.1, 0.15) is 45.4 Å². The van der Waals surface area contributed by atoms with Crippen LogP contribution in [0.2, 0.25) is 0 Å². The summed E-state index contributed by atoms with van der Waals surface area (Å²) in [7, 11) is 0. The zero-order valence-electron chi connectivity index (χ0n) is 10.4. The van der Waals surface area contributed by atoms with E-state index in [9.17, 15) is 0 Å². The van der Waals surface area contributed by atoms with E-state index in [1.165, 1.54) is 25.7 Å². The summed E-state index contributed by atoms with van der Waals surface area (Å²) >= 11 is 0. The average Bonchev–Trinajstić information content (AvgIpc) is 2.90. The molecular weight excluding hydrogens is 202 g/mol. The lowest BCUT2D eigenvalue weighted by molar-refractivity contribution is 0.0918. The predicted octanol–water partition coefficient (Wildman–Crippen LogP) is 2.10. The Labute approximate surface area is 98.9 Å². The van der Waals surface area contributed by atoms with E-state index in [1.54, 1.807) is 0 Å². The van der Waals surface area contributed by atoms with Gasteiger partial charge in [0.25, 0.3) is 0 Å². The van der Waals surface area contributed by atoms with E-state index >= 15 is 0 Å². The van der Waals surface area contributed by atoms with Crippen LogP contribution in [0, 0.1) is 0 Å². The fourth-order valence-electron chi connectivity index (χ4n) is 2.67. The lowest BCUT2D eigenvalue weighted by Gasteiger charge is -2.18. The predicted molar refractivity (Wildman–Crippen MR) is 64.6 cm³/mol. The molecule has 0 spiro atoms. The van der Waals surface area contributed by atoms with E-state index in [0.717, 1.165) is 32.6 Å². The molecule has 2 aliphatic heterocycles. The highest BCUT2D eigenvalue weighted by Crippen LogP contribution is 2.17. The molecule has 94 valence electrons. The van der Waals surface area contributed by atoms with Gasteiger partial charge in [0.15, 0.2) is 0 Å². The van der Waals surface area contributed by atoms with Crippen molar-refractivity contribution >= 4 is 0 Å². The first-order valence-corrected chi connectivity index (χ1v) is 6.81. The van der Waals surface area contributed by atoms with Gasteiger partial charge in [-0.3, -0.25) is 0 Å². The van der Waals surface area contributed by atoms with Crippen LogP contribution in [0.15, 0.2) is 0 Å². The van der Waals surface area contributed by atoms with Crippen LogP contribution in [0.25, 0.3) is 0 Å². The first kappa shape index (κ1) is 12.3. The topological polar surface area (TPSA) is 30.5 Å². The van der Waals surface area contributed by atoms with Crippen molar-refractivity contribution < 1.29 is 9.47 Å². The summed E-state index contributed by atoms with van der Waals surface area (Å²) in [6.07, 6.45) is 8.33. The van der Waals surface area contributed by atoms with Gasteiger partial charge in [-0.25, -0.2) is 0 Å². The number of rotatable bonds is 6. The normalized spacial score (nSPS) is 32.1. The van der Waals surface area contributed by atoms with Crippen molar-refractivity contribution in [3.05, 3.63) is 0 Å². The lowest BCUT2D eigenvalue weighted by Crippen LogP contribution is -2.32. The van der Waals surface area contributed by atoms with Gasteiger partial charge in [-0.1, -0.05) is 0 Å². The Balaban J connectivity index is 1.51. The van der Waals surface area contributed by atoms with E-state index in [1.807, 2.05) is 0 Å². The molecule has 0 amide bonds. The van der Waals surface area contributed by atoms with Crippen LogP contribution in [0.4, 0.5) is 0 Å². The second kappa shape index (κ2) is 6.58. The molecule has 0 aromatic rings. The molecule has 3 nitrogen and oxygen atoms in total. The standard InChI is InChI=1S/C13H25NO2/c1-11(10-13-5-3-9-16-13)14-7-6-12-4-2-8-15-12/h11-14H,2-10H2,1H3. The smallest absolute Gasteiger partial charge is 0.0590 e. The average molecular weight is 227 g/mol. The molecule has 2 aliphatic rings. The van der Waals surface area contributed by atoms with Crippen LogP contribution >= 0.6 is 0 Å². The van der Waals surface area contributed by atoms with Gasteiger partial charge in [0.1, 0.15) is 0 Å². The molecule has 16 heavy (non-hydrogen) atoms. The maximum absolute atomic E-state index is 5.64. The van der Waals surface area contributed by atoms with Gasteiger partial charge >= 0.3 is 0 Å². The Morgan fingerprint density at radius 3 is 2.44 bits per heavy atom. The monoisotopic (exact) mass is 227 g/mol. The third-order valence-corrected chi connectivity index (χ3v) is 3.62. The van der Waals surface area contributed by atoms with E-state index in [0.29, 0.717) is 18.2 Å². The van der Waals surface area contributed by atoms with Crippen molar-refractivity contribution in [2.45, 2.75) is 63.7 Å². The second-order valence-corrected chi connectivity index (χ2v) is 5.15. The molecular formula is C13H25NO2. The van der Waals surface area contributed by atoms with Gasteiger partial charge in [-0.05, 0) is 52.0 Å². The van der Waals surface area contributed by atoms with E-state index in [-0.39, 0.29) is 0 Å². The number of nitrogens with one attached hydrogen (secondary N) is 1. The first-order valence-electron chi connectivity index (χ1n) is 6.81. The summed E-state index contributed by atoms with van der Waals surface area (Å²) in [5.41, 5.74) is 0. The van der Waals surface area contributed by atoms with Crippen molar-refractivity contribution in [1.29, 1.82) is 0 Å². The highest BCUT2D eigenvalue weighted by Gasteiger charge is 2.19. The Bertz CT molecular complexity index is 186. The molecule has 2 saturated heterocycles. The Kier molecular flexibility index (Phi) is 5.07. The Hall–Kier alpha value is -0.120. The number of ether oxygens (including phenoxy) is 2. The van der Waals surface area contributed by atoms with Crippen molar-refractivity contribution in [3.8, 4) is 0 Å². The molecule has 3 atom stereocenters. The van der Waals surface area contributed by atoms with Crippen molar-refractivity contribution in [2.24, 2.45) is 0 Å². The van der Waals surface area contributed by atoms with Gasteiger partial charge < -0.3 is 14.8 Å². The Morgan fingerprint density at radius 2 is 1.81 bits per heavy atom. The third kappa shape index (κ3) is 4.04. The van der Waals surface area contributed by atoms with Crippen LogP contribution in [0.3, 0.4) is 0 Å². The first-order chi connectivity index (χ1) is 7.84. The van der Waals surface area contributed by atoms with Crippen LogP contribution in [-0.2, 0) is 9.47 Å². The van der Waals surface area contributed by atoms with E-state index in [4.69, 9.17) is 9.47 Å². The largest absolute Gasteiger partial charge is 0.378 e. The quantitative estimate of drug-likeness (QED) is 0.754. The molecule has 2 rings (SSSR count). The SMILES string of the molecule is CC(CC1CCCO1)NCCC1CCCO1. The zero-order valence-corrected chi connectivity index (χ0v) is 10.4. The van der Waals surface area contributed by atoms with Crippen LogP contribution in [-0.4, -0.2) is 38.0 Å². The highest BCUT2D eigenvalue weighted by atomic mass is 16.5. The van der Waals surface area contributed by atoms with Crippen molar-refractivity contribution in [3.63, 3.8) is 0 Å². The molecule has 0 saturated carbocycles.